The first-order valence-electron chi connectivity index (χ1n) is 14.8. The molecular weight excluding hydrogens is 388 g/mol. The number of aliphatic hydroxyl groups is 4. The van der Waals surface area contributed by atoms with Crippen LogP contribution in [0.4, 0.5) is 0 Å². The Kier molecular flexibility index (Phi) is 5.37. The molecule has 4 nitrogen and oxygen atoms in total. The molecule has 0 amide bonds. The van der Waals surface area contributed by atoms with Gasteiger partial charge in [-0.1, -0.05) is 38.2 Å². The van der Waals surface area contributed by atoms with E-state index in [-0.39, 0.29) is 17.8 Å². The van der Waals surface area contributed by atoms with Crippen molar-refractivity contribution in [3.8, 4) is 0 Å². The van der Waals surface area contributed by atoms with Crippen LogP contribution >= 0.6 is 0 Å². The van der Waals surface area contributed by atoms with Crippen molar-refractivity contribution in [3.05, 3.63) is 35.5 Å². The highest BCUT2D eigenvalue weighted by Gasteiger charge is 2.50. The van der Waals surface area contributed by atoms with Gasteiger partial charge >= 0.3 is 0 Å². The molecule has 3 fully saturated rings. The van der Waals surface area contributed by atoms with Gasteiger partial charge in [-0.2, -0.15) is 0 Å². The highest BCUT2D eigenvalue weighted by atomic mass is 16.3. The van der Waals surface area contributed by atoms with Crippen LogP contribution < -0.4 is 0 Å². The molecule has 7 atom stereocenters. The molecule has 3 saturated carbocycles. The molecule has 176 valence electrons. The lowest BCUT2D eigenvalue weighted by molar-refractivity contribution is -0.0554. The number of fused-ring (bicyclic) bond motifs is 1. The van der Waals surface area contributed by atoms with Gasteiger partial charge in [-0.3, -0.25) is 0 Å². The van der Waals surface area contributed by atoms with Crippen LogP contribution in [-0.4, -0.2) is 44.3 Å². The Bertz CT molecular complexity index is 894. The normalized spacial score (nSPS) is 42.7. The van der Waals surface area contributed by atoms with E-state index in [2.05, 4.69) is 26.5 Å². The molecule has 0 saturated heterocycles. The van der Waals surface area contributed by atoms with Crippen molar-refractivity contribution in [3.63, 3.8) is 0 Å². The molecule has 4 heteroatoms. The fourth-order valence-electron chi connectivity index (χ4n) is 6.51. The molecule has 0 heterocycles. The number of aliphatic hydroxyl groups excluding tert-OH is 3. The fourth-order valence-corrected chi connectivity index (χ4v) is 6.51. The third-order valence-corrected chi connectivity index (χ3v) is 8.37. The van der Waals surface area contributed by atoms with Crippen LogP contribution in [0.3, 0.4) is 0 Å². The maximum atomic E-state index is 10.6. The Morgan fingerprint density at radius 3 is 2.71 bits per heavy atom. The van der Waals surface area contributed by atoms with Gasteiger partial charge in [-0.25, -0.2) is 0 Å². The van der Waals surface area contributed by atoms with Gasteiger partial charge in [0.05, 0.1) is 23.9 Å². The number of allylic oxidation sites excluding steroid dienone is 3. The molecule has 0 aromatic carbocycles. The lowest BCUT2D eigenvalue weighted by atomic mass is 9.60. The summed E-state index contributed by atoms with van der Waals surface area (Å²) in [6.07, 6.45) is 7.20. The summed E-state index contributed by atoms with van der Waals surface area (Å²) in [5.74, 6) is 0.815. The first kappa shape index (κ1) is 17.5. The van der Waals surface area contributed by atoms with Crippen molar-refractivity contribution in [2.75, 3.05) is 0 Å². The molecule has 0 aliphatic heterocycles. The second-order valence-corrected chi connectivity index (χ2v) is 10.5. The quantitative estimate of drug-likeness (QED) is 0.486. The molecule has 0 aromatic rings. The zero-order chi connectivity index (χ0) is 28.0. The summed E-state index contributed by atoms with van der Waals surface area (Å²) in [7, 11) is 0. The van der Waals surface area contributed by atoms with Gasteiger partial charge in [0.25, 0.3) is 0 Å². The highest BCUT2D eigenvalue weighted by Crippen LogP contribution is 2.60. The van der Waals surface area contributed by atoms with Gasteiger partial charge in [0, 0.05) is 14.6 Å². The van der Waals surface area contributed by atoms with E-state index >= 15 is 0 Å². The smallest absolute Gasteiger partial charge is 0.0849 e. The zero-order valence-electron chi connectivity index (χ0n) is 25.0. The van der Waals surface area contributed by atoms with Gasteiger partial charge in [0.1, 0.15) is 0 Å². The summed E-state index contributed by atoms with van der Waals surface area (Å²) in [5, 5.41) is 41.4. The molecule has 4 N–H and O–H groups in total. The standard InChI is InChI=1S/C27H44O4/c1-17(8-13-25(30)26(3,4)31)22-11-12-23-19(7-6-14-27(22,23)5)9-10-20-15-21(28)16-24(29)18(20)2/h9-10,17,21-25,28-31H,2,6-8,11-16H2,1,3-5H3/t17-,21-,22-,23?,24+,25-,27-/m1/s1/i3D3,4D3. The maximum absolute atomic E-state index is 10.6. The van der Waals surface area contributed by atoms with Crippen LogP contribution in [0.15, 0.2) is 35.5 Å². The summed E-state index contributed by atoms with van der Waals surface area (Å²) in [5.41, 5.74) is -0.219. The van der Waals surface area contributed by atoms with Crippen LogP contribution in [0.2, 0.25) is 0 Å². The van der Waals surface area contributed by atoms with E-state index in [1.54, 1.807) is 0 Å². The number of rotatable bonds is 6. The SMILES string of the molecule is [2H]C([2H])([2H])C(O)([C@H](O)CC[C@@H](C)[C@H]1CCC2C(=CC=C3C[C@@H](O)C[C@H](O)C3=C)CCC[C@@]21C)C([2H])([2H])[2H]. The number of hydrogen-bond acceptors (Lipinski definition) is 4. The molecule has 0 aromatic heterocycles. The van der Waals surface area contributed by atoms with Crippen LogP contribution in [0, 0.1) is 23.2 Å². The summed E-state index contributed by atoms with van der Waals surface area (Å²) in [4.78, 5) is 0. The molecule has 3 aliphatic carbocycles. The van der Waals surface area contributed by atoms with E-state index < -0.39 is 37.6 Å². The molecule has 31 heavy (non-hydrogen) atoms. The van der Waals surface area contributed by atoms with E-state index in [1.807, 2.05) is 6.08 Å². The zero-order valence-corrected chi connectivity index (χ0v) is 19.0. The summed E-state index contributed by atoms with van der Waals surface area (Å²) in [6, 6.07) is 0. The first-order valence-corrected chi connectivity index (χ1v) is 11.8. The van der Waals surface area contributed by atoms with Crippen LogP contribution in [0.25, 0.3) is 0 Å². The Hall–Kier alpha value is -0.940. The van der Waals surface area contributed by atoms with Crippen LogP contribution in [0.5, 0.6) is 0 Å². The molecule has 0 bridgehead atoms. The van der Waals surface area contributed by atoms with Gasteiger partial charge in [0.15, 0.2) is 0 Å². The second-order valence-electron chi connectivity index (χ2n) is 10.5. The average molecular weight is 439 g/mol. The van der Waals surface area contributed by atoms with Crippen molar-refractivity contribution < 1.29 is 28.7 Å². The molecule has 1 unspecified atom stereocenters. The predicted octanol–water partition coefficient (Wildman–Crippen LogP) is 4.68. The molecule has 0 radical (unpaired) electrons. The van der Waals surface area contributed by atoms with E-state index in [1.165, 1.54) is 5.57 Å². The third-order valence-electron chi connectivity index (χ3n) is 8.37. The Morgan fingerprint density at radius 2 is 2.00 bits per heavy atom. The van der Waals surface area contributed by atoms with Gasteiger partial charge in [-0.15, -0.1) is 0 Å². The third kappa shape index (κ3) is 5.35. The summed E-state index contributed by atoms with van der Waals surface area (Å²) in [6.45, 7) is 1.91. The van der Waals surface area contributed by atoms with E-state index in [4.69, 9.17) is 8.22 Å². The maximum Gasteiger partial charge on any atom is 0.0849 e. The van der Waals surface area contributed by atoms with Gasteiger partial charge in [-0.05, 0) is 99.4 Å². The monoisotopic (exact) mass is 438 g/mol. The van der Waals surface area contributed by atoms with E-state index in [0.717, 1.165) is 37.7 Å². The van der Waals surface area contributed by atoms with Gasteiger partial charge in [0.2, 0.25) is 0 Å². The van der Waals surface area contributed by atoms with Gasteiger partial charge < -0.3 is 20.4 Å². The molecule has 0 spiro atoms. The Morgan fingerprint density at radius 1 is 1.26 bits per heavy atom. The summed E-state index contributed by atoms with van der Waals surface area (Å²) >= 11 is 0. The Balaban J connectivity index is 1.73. The largest absolute Gasteiger partial charge is 0.393 e. The molecule has 3 aliphatic rings. The van der Waals surface area contributed by atoms with Crippen molar-refractivity contribution in [2.45, 2.75) is 109 Å². The molecule has 3 rings (SSSR count). The van der Waals surface area contributed by atoms with Crippen LogP contribution in [0.1, 0.15) is 93.6 Å². The predicted molar refractivity (Wildman–Crippen MR) is 125 cm³/mol. The lowest BCUT2D eigenvalue weighted by Gasteiger charge is -2.44. The van der Waals surface area contributed by atoms with E-state index in [0.29, 0.717) is 36.7 Å². The van der Waals surface area contributed by atoms with Crippen molar-refractivity contribution >= 4 is 0 Å². The lowest BCUT2D eigenvalue weighted by Crippen LogP contribution is -2.38. The number of hydrogen-bond donors (Lipinski definition) is 4. The van der Waals surface area contributed by atoms with E-state index in [9.17, 15) is 20.4 Å². The minimum atomic E-state index is -3.24. The minimum absolute atomic E-state index is 0.0277. The fraction of sp³-hybridized carbons (Fsp3) is 0.778. The Labute approximate surface area is 197 Å². The average Bonchev–Trinajstić information content (AvgIpc) is 3.14. The van der Waals surface area contributed by atoms with Crippen molar-refractivity contribution in [2.24, 2.45) is 23.2 Å². The topological polar surface area (TPSA) is 80.9 Å². The van der Waals surface area contributed by atoms with Crippen molar-refractivity contribution in [1.82, 2.24) is 0 Å². The molecular formula is C27H44O4. The summed E-state index contributed by atoms with van der Waals surface area (Å²) < 4.78 is 45.4. The van der Waals surface area contributed by atoms with Crippen molar-refractivity contribution in [1.29, 1.82) is 0 Å². The second kappa shape index (κ2) is 9.51. The highest BCUT2D eigenvalue weighted by molar-refractivity contribution is 5.38. The first-order chi connectivity index (χ1) is 16.9. The minimum Gasteiger partial charge on any atom is -0.393 e. The van der Waals surface area contributed by atoms with Crippen LogP contribution in [-0.2, 0) is 0 Å².